The minimum absolute atomic E-state index is 0.0767. The fourth-order valence-corrected chi connectivity index (χ4v) is 3.18. The second-order valence-electron chi connectivity index (χ2n) is 6.72. The van der Waals surface area contributed by atoms with E-state index in [1.807, 2.05) is 26.8 Å². The van der Waals surface area contributed by atoms with Crippen LogP contribution in [0.2, 0.25) is 0 Å². The molecule has 0 N–H and O–H groups in total. The second kappa shape index (κ2) is 9.17. The number of non-ortho nitro benzene ring substituents is 1. The van der Waals surface area contributed by atoms with Gasteiger partial charge in [0, 0.05) is 28.6 Å². The van der Waals surface area contributed by atoms with Crippen molar-refractivity contribution in [3.63, 3.8) is 0 Å². The van der Waals surface area contributed by atoms with Gasteiger partial charge in [0.2, 0.25) is 0 Å². The molecule has 9 heteroatoms. The molecule has 0 fully saturated rings. The van der Waals surface area contributed by atoms with E-state index < -0.39 is 4.92 Å². The summed E-state index contributed by atoms with van der Waals surface area (Å²) < 4.78 is 7.85. The van der Waals surface area contributed by atoms with Gasteiger partial charge in [0.05, 0.1) is 28.1 Å². The van der Waals surface area contributed by atoms with Gasteiger partial charge in [0.15, 0.2) is 0 Å². The SMILES string of the molecule is CCc1nc2ccc(Br)cc2c(=O)n1N=Cc1cc([N+](=O)[O-])ccc1O[C@H](C)CC. The number of aromatic nitrogens is 2. The van der Waals surface area contributed by atoms with Gasteiger partial charge >= 0.3 is 0 Å². The summed E-state index contributed by atoms with van der Waals surface area (Å²) in [6.45, 7) is 5.77. The zero-order valence-corrected chi connectivity index (χ0v) is 18.4. The lowest BCUT2D eigenvalue weighted by Gasteiger charge is -2.14. The van der Waals surface area contributed by atoms with Crippen LogP contribution in [0.3, 0.4) is 0 Å². The third kappa shape index (κ3) is 4.56. The van der Waals surface area contributed by atoms with Gasteiger partial charge in [0.25, 0.3) is 11.2 Å². The maximum absolute atomic E-state index is 13.0. The molecule has 0 amide bonds. The van der Waals surface area contributed by atoms with Gasteiger partial charge in [-0.05, 0) is 37.6 Å². The van der Waals surface area contributed by atoms with E-state index in [4.69, 9.17) is 4.74 Å². The highest BCUT2D eigenvalue weighted by Gasteiger charge is 2.14. The monoisotopic (exact) mass is 472 g/mol. The first-order valence-corrected chi connectivity index (χ1v) is 10.3. The Morgan fingerprint density at radius 1 is 1.30 bits per heavy atom. The Labute approximate surface area is 181 Å². The molecule has 1 aromatic heterocycles. The van der Waals surface area contributed by atoms with Crippen molar-refractivity contribution in [1.29, 1.82) is 0 Å². The Balaban J connectivity index is 2.13. The molecule has 3 rings (SSSR count). The van der Waals surface area contributed by atoms with Gasteiger partial charge in [-0.1, -0.05) is 29.8 Å². The van der Waals surface area contributed by atoms with Crippen molar-refractivity contribution in [1.82, 2.24) is 9.66 Å². The van der Waals surface area contributed by atoms with E-state index in [1.165, 1.54) is 23.0 Å². The number of nitro benzene ring substituents is 1. The molecule has 3 aromatic rings. The van der Waals surface area contributed by atoms with Crippen LogP contribution in [0.5, 0.6) is 5.75 Å². The van der Waals surface area contributed by atoms with Crippen LogP contribution in [0.4, 0.5) is 5.69 Å². The van der Waals surface area contributed by atoms with Crippen LogP contribution in [0.1, 0.15) is 38.6 Å². The summed E-state index contributed by atoms with van der Waals surface area (Å²) in [5, 5.41) is 15.9. The normalized spacial score (nSPS) is 12.4. The number of nitro groups is 1. The molecule has 156 valence electrons. The number of fused-ring (bicyclic) bond motifs is 1. The molecule has 0 saturated heterocycles. The first-order valence-electron chi connectivity index (χ1n) is 9.54. The van der Waals surface area contributed by atoms with Crippen molar-refractivity contribution in [3.05, 3.63) is 72.7 Å². The first-order chi connectivity index (χ1) is 14.3. The standard InChI is InChI=1S/C21H21BrN4O4/c1-4-13(3)30-19-9-7-16(26(28)29)10-14(19)12-23-25-20(5-2)24-18-8-6-15(22)11-17(18)21(25)27/h6-13H,4-5H2,1-3H3/t13-/m1/s1. The lowest BCUT2D eigenvalue weighted by atomic mass is 10.2. The molecular weight excluding hydrogens is 452 g/mol. The van der Waals surface area contributed by atoms with Crippen LogP contribution in [0.25, 0.3) is 10.9 Å². The Bertz CT molecular complexity index is 1190. The van der Waals surface area contributed by atoms with Crippen molar-refractivity contribution in [3.8, 4) is 5.75 Å². The predicted octanol–water partition coefficient (Wildman–Crippen LogP) is 4.69. The van der Waals surface area contributed by atoms with Crippen LogP contribution in [0, 0.1) is 10.1 Å². The topological polar surface area (TPSA) is 99.6 Å². The molecule has 0 aliphatic heterocycles. The second-order valence-corrected chi connectivity index (χ2v) is 7.64. The van der Waals surface area contributed by atoms with Crippen molar-refractivity contribution >= 4 is 38.7 Å². The lowest BCUT2D eigenvalue weighted by Crippen LogP contribution is -2.22. The molecule has 0 saturated carbocycles. The number of ether oxygens (including phenoxy) is 1. The number of nitrogens with zero attached hydrogens (tertiary/aromatic N) is 4. The maximum Gasteiger partial charge on any atom is 0.282 e. The third-order valence-corrected chi connectivity index (χ3v) is 5.10. The van der Waals surface area contributed by atoms with Crippen molar-refractivity contribution in [2.45, 2.75) is 39.7 Å². The molecule has 0 radical (unpaired) electrons. The highest BCUT2D eigenvalue weighted by Crippen LogP contribution is 2.24. The summed E-state index contributed by atoms with van der Waals surface area (Å²) in [4.78, 5) is 28.3. The molecule has 8 nitrogen and oxygen atoms in total. The number of aryl methyl sites for hydroxylation is 1. The number of rotatable bonds is 7. The number of halogens is 1. The fraction of sp³-hybridized carbons (Fsp3) is 0.286. The quantitative estimate of drug-likeness (QED) is 0.282. The molecule has 0 aliphatic carbocycles. The number of hydrogen-bond acceptors (Lipinski definition) is 6. The predicted molar refractivity (Wildman–Crippen MR) is 120 cm³/mol. The highest BCUT2D eigenvalue weighted by atomic mass is 79.9. The van der Waals surface area contributed by atoms with Crippen LogP contribution >= 0.6 is 15.9 Å². The molecule has 0 spiro atoms. The molecule has 0 bridgehead atoms. The molecule has 1 heterocycles. The summed E-state index contributed by atoms with van der Waals surface area (Å²) >= 11 is 3.37. The average Bonchev–Trinajstić information content (AvgIpc) is 2.73. The van der Waals surface area contributed by atoms with Crippen molar-refractivity contribution < 1.29 is 9.66 Å². The summed E-state index contributed by atoms with van der Waals surface area (Å²) in [5.74, 6) is 0.946. The molecule has 2 aromatic carbocycles. The summed E-state index contributed by atoms with van der Waals surface area (Å²) in [6, 6.07) is 9.60. The van der Waals surface area contributed by atoms with Crippen LogP contribution in [0.15, 0.2) is 50.8 Å². The summed E-state index contributed by atoms with van der Waals surface area (Å²) in [6.07, 6.45) is 2.59. The summed E-state index contributed by atoms with van der Waals surface area (Å²) in [7, 11) is 0. The molecule has 30 heavy (non-hydrogen) atoms. The van der Waals surface area contributed by atoms with Crippen LogP contribution < -0.4 is 10.3 Å². The zero-order valence-electron chi connectivity index (χ0n) is 16.8. The molecule has 0 aliphatic rings. The Morgan fingerprint density at radius 2 is 2.07 bits per heavy atom. The fourth-order valence-electron chi connectivity index (χ4n) is 2.82. The Kier molecular flexibility index (Phi) is 6.61. The van der Waals surface area contributed by atoms with Gasteiger partial charge in [0.1, 0.15) is 11.6 Å². The van der Waals surface area contributed by atoms with Crippen molar-refractivity contribution in [2.75, 3.05) is 0 Å². The molecule has 0 unspecified atom stereocenters. The van der Waals surface area contributed by atoms with Gasteiger partial charge in [-0.25, -0.2) is 4.98 Å². The highest BCUT2D eigenvalue weighted by molar-refractivity contribution is 9.10. The van der Waals surface area contributed by atoms with E-state index in [1.54, 1.807) is 18.2 Å². The van der Waals surface area contributed by atoms with Crippen LogP contribution in [-0.2, 0) is 6.42 Å². The van der Waals surface area contributed by atoms with E-state index in [0.29, 0.717) is 34.5 Å². The minimum atomic E-state index is -0.483. The van der Waals surface area contributed by atoms with E-state index in [-0.39, 0.29) is 17.4 Å². The maximum atomic E-state index is 13.0. The summed E-state index contributed by atoms with van der Waals surface area (Å²) in [5.41, 5.74) is 0.594. The van der Waals surface area contributed by atoms with E-state index in [2.05, 4.69) is 26.0 Å². The smallest absolute Gasteiger partial charge is 0.282 e. The van der Waals surface area contributed by atoms with Gasteiger partial charge in [-0.3, -0.25) is 14.9 Å². The van der Waals surface area contributed by atoms with Gasteiger partial charge in [-0.2, -0.15) is 9.78 Å². The lowest BCUT2D eigenvalue weighted by molar-refractivity contribution is -0.384. The van der Waals surface area contributed by atoms with Gasteiger partial charge in [-0.15, -0.1) is 0 Å². The van der Waals surface area contributed by atoms with E-state index >= 15 is 0 Å². The number of hydrogen-bond donors (Lipinski definition) is 0. The van der Waals surface area contributed by atoms with Crippen molar-refractivity contribution in [2.24, 2.45) is 5.10 Å². The third-order valence-electron chi connectivity index (χ3n) is 4.61. The first kappa shape index (κ1) is 21.6. The Hall–Kier alpha value is -3.07. The van der Waals surface area contributed by atoms with Gasteiger partial charge < -0.3 is 4.74 Å². The molecular formula is C21H21BrN4O4. The van der Waals surface area contributed by atoms with E-state index in [0.717, 1.165) is 10.9 Å². The largest absolute Gasteiger partial charge is 0.490 e. The minimum Gasteiger partial charge on any atom is -0.490 e. The zero-order chi connectivity index (χ0) is 21.8. The Morgan fingerprint density at radius 3 is 2.73 bits per heavy atom. The van der Waals surface area contributed by atoms with E-state index in [9.17, 15) is 14.9 Å². The van der Waals surface area contributed by atoms with Crippen LogP contribution in [-0.4, -0.2) is 26.9 Å². The molecule has 1 atom stereocenters. The number of benzene rings is 2. The average molecular weight is 473 g/mol.